The number of aryl methyl sites for hydroxylation is 2. The summed E-state index contributed by atoms with van der Waals surface area (Å²) in [5.41, 5.74) is 2.70. The smallest absolute Gasteiger partial charge is 0.287 e. The molecule has 2 N–H and O–H groups in total. The van der Waals surface area contributed by atoms with E-state index in [0.717, 1.165) is 16.8 Å². The number of anilines is 1. The third-order valence-electron chi connectivity index (χ3n) is 3.62. The molecule has 7 nitrogen and oxygen atoms in total. The zero-order valence-electron chi connectivity index (χ0n) is 14.5. The molecule has 0 saturated carbocycles. The number of nitrogens with zero attached hydrogens (tertiary/aromatic N) is 1. The van der Waals surface area contributed by atoms with Crippen molar-refractivity contribution in [3.8, 4) is 0 Å². The Morgan fingerprint density at radius 1 is 1.16 bits per heavy atom. The molecule has 0 saturated heterocycles. The molecular weight excluding hydrogens is 322 g/mol. The van der Waals surface area contributed by atoms with Crippen molar-refractivity contribution in [3.63, 3.8) is 0 Å². The maximum atomic E-state index is 12.1. The van der Waals surface area contributed by atoms with E-state index in [0.29, 0.717) is 0 Å². The number of carbonyl (C=O) groups is 3. The standard InChI is InChI=1S/C18H21N3O4/c1-12-6-7-13(2)14(9-12)20-16(22)11-21(3)17(23)10-19-18(24)15-5-4-8-25-15/h4-9H,10-11H2,1-3H3,(H,19,24)(H,20,22). The highest BCUT2D eigenvalue weighted by Gasteiger charge is 2.16. The van der Waals surface area contributed by atoms with Gasteiger partial charge in [0.15, 0.2) is 5.76 Å². The SMILES string of the molecule is Cc1ccc(C)c(NC(=O)CN(C)C(=O)CNC(=O)c2ccco2)c1. The minimum absolute atomic E-state index is 0.108. The molecule has 0 aliphatic carbocycles. The molecule has 0 aliphatic heterocycles. The van der Waals surface area contributed by atoms with E-state index >= 15 is 0 Å². The first kappa shape index (κ1) is 18.3. The number of amides is 3. The van der Waals surface area contributed by atoms with Gasteiger partial charge in [0.25, 0.3) is 5.91 Å². The monoisotopic (exact) mass is 343 g/mol. The Morgan fingerprint density at radius 3 is 2.60 bits per heavy atom. The Morgan fingerprint density at radius 2 is 1.92 bits per heavy atom. The van der Waals surface area contributed by atoms with Crippen molar-refractivity contribution < 1.29 is 18.8 Å². The van der Waals surface area contributed by atoms with Crippen LogP contribution in [0.4, 0.5) is 5.69 Å². The molecule has 3 amide bonds. The maximum absolute atomic E-state index is 12.1. The van der Waals surface area contributed by atoms with Crippen LogP contribution < -0.4 is 10.6 Å². The maximum Gasteiger partial charge on any atom is 0.287 e. The lowest BCUT2D eigenvalue weighted by Gasteiger charge is -2.17. The molecule has 0 radical (unpaired) electrons. The largest absolute Gasteiger partial charge is 0.459 e. The molecule has 0 atom stereocenters. The van der Waals surface area contributed by atoms with Crippen LogP contribution in [0.3, 0.4) is 0 Å². The normalized spacial score (nSPS) is 10.2. The first-order chi connectivity index (χ1) is 11.9. The van der Waals surface area contributed by atoms with Gasteiger partial charge in [0.2, 0.25) is 11.8 Å². The van der Waals surface area contributed by atoms with Crippen LogP contribution in [-0.4, -0.2) is 42.8 Å². The molecule has 0 bridgehead atoms. The summed E-state index contributed by atoms with van der Waals surface area (Å²) in [5, 5.41) is 5.24. The predicted molar refractivity (Wildman–Crippen MR) is 93.2 cm³/mol. The summed E-state index contributed by atoms with van der Waals surface area (Å²) in [6.07, 6.45) is 1.38. The average molecular weight is 343 g/mol. The number of nitrogens with one attached hydrogen (secondary N) is 2. The van der Waals surface area contributed by atoms with E-state index in [2.05, 4.69) is 10.6 Å². The average Bonchev–Trinajstić information content (AvgIpc) is 3.10. The van der Waals surface area contributed by atoms with Crippen molar-refractivity contribution in [2.24, 2.45) is 0 Å². The summed E-state index contributed by atoms with van der Waals surface area (Å²) in [4.78, 5) is 37.1. The summed E-state index contributed by atoms with van der Waals surface area (Å²) in [6, 6.07) is 8.84. The third-order valence-corrected chi connectivity index (χ3v) is 3.62. The van der Waals surface area contributed by atoms with E-state index in [1.165, 1.54) is 24.3 Å². The van der Waals surface area contributed by atoms with Crippen LogP contribution in [0.15, 0.2) is 41.0 Å². The summed E-state index contributed by atoms with van der Waals surface area (Å²) in [6.45, 7) is 3.51. The summed E-state index contributed by atoms with van der Waals surface area (Å²) < 4.78 is 4.94. The van der Waals surface area contributed by atoms with Gasteiger partial charge in [-0.05, 0) is 43.2 Å². The van der Waals surface area contributed by atoms with Gasteiger partial charge in [0, 0.05) is 12.7 Å². The Hall–Kier alpha value is -3.09. The zero-order chi connectivity index (χ0) is 18.4. The molecule has 7 heteroatoms. The van der Waals surface area contributed by atoms with Crippen LogP contribution in [0, 0.1) is 13.8 Å². The lowest BCUT2D eigenvalue weighted by molar-refractivity contribution is -0.132. The number of hydrogen-bond donors (Lipinski definition) is 2. The minimum atomic E-state index is -0.480. The van der Waals surface area contributed by atoms with Gasteiger partial charge in [-0.2, -0.15) is 0 Å². The van der Waals surface area contributed by atoms with Gasteiger partial charge in [-0.3, -0.25) is 14.4 Å². The van der Waals surface area contributed by atoms with Crippen molar-refractivity contribution in [3.05, 3.63) is 53.5 Å². The van der Waals surface area contributed by atoms with Crippen LogP contribution in [0.25, 0.3) is 0 Å². The second-order valence-electron chi connectivity index (χ2n) is 5.78. The van der Waals surface area contributed by atoms with Gasteiger partial charge in [-0.25, -0.2) is 0 Å². The van der Waals surface area contributed by atoms with E-state index in [4.69, 9.17) is 4.42 Å². The molecule has 25 heavy (non-hydrogen) atoms. The van der Waals surface area contributed by atoms with Gasteiger partial charge < -0.3 is 20.0 Å². The number of likely N-dealkylation sites (N-methyl/N-ethyl adjacent to an activating group) is 1. The highest BCUT2D eigenvalue weighted by atomic mass is 16.3. The number of furan rings is 1. The molecule has 1 aromatic carbocycles. The number of rotatable bonds is 6. The second-order valence-corrected chi connectivity index (χ2v) is 5.78. The molecule has 0 fully saturated rings. The Bertz CT molecular complexity index is 769. The zero-order valence-corrected chi connectivity index (χ0v) is 14.5. The summed E-state index contributed by atoms with van der Waals surface area (Å²) in [5.74, 6) is -1.03. The Labute approximate surface area is 146 Å². The third kappa shape index (κ3) is 5.20. The van der Waals surface area contributed by atoms with E-state index in [1.54, 1.807) is 6.07 Å². The lowest BCUT2D eigenvalue weighted by Crippen LogP contribution is -2.41. The van der Waals surface area contributed by atoms with E-state index < -0.39 is 5.91 Å². The molecule has 1 heterocycles. The first-order valence-electron chi connectivity index (χ1n) is 7.79. The molecule has 2 aromatic rings. The van der Waals surface area contributed by atoms with Crippen LogP contribution in [0.1, 0.15) is 21.7 Å². The van der Waals surface area contributed by atoms with Crippen molar-refractivity contribution in [2.75, 3.05) is 25.5 Å². The second kappa shape index (κ2) is 8.14. The molecule has 132 valence electrons. The molecule has 0 spiro atoms. The lowest BCUT2D eigenvalue weighted by atomic mass is 10.1. The molecule has 0 aliphatic rings. The first-order valence-corrected chi connectivity index (χ1v) is 7.79. The Kier molecular flexibility index (Phi) is 5.94. The van der Waals surface area contributed by atoms with Crippen LogP contribution >= 0.6 is 0 Å². The molecular formula is C18H21N3O4. The number of carbonyl (C=O) groups excluding carboxylic acids is 3. The van der Waals surface area contributed by atoms with Gasteiger partial charge in [-0.1, -0.05) is 12.1 Å². The molecule has 1 aromatic heterocycles. The summed E-state index contributed by atoms with van der Waals surface area (Å²) in [7, 11) is 1.50. The molecule has 0 unspecified atom stereocenters. The summed E-state index contributed by atoms with van der Waals surface area (Å²) >= 11 is 0. The fourth-order valence-corrected chi connectivity index (χ4v) is 2.15. The van der Waals surface area contributed by atoms with Crippen LogP contribution in [-0.2, 0) is 9.59 Å². The van der Waals surface area contributed by atoms with Crippen molar-refractivity contribution in [1.29, 1.82) is 0 Å². The fraction of sp³-hybridized carbons (Fsp3) is 0.278. The topological polar surface area (TPSA) is 91.7 Å². The van der Waals surface area contributed by atoms with Crippen molar-refractivity contribution in [1.82, 2.24) is 10.2 Å². The van der Waals surface area contributed by atoms with Gasteiger partial charge in [0.05, 0.1) is 19.4 Å². The molecule has 2 rings (SSSR count). The van der Waals surface area contributed by atoms with Crippen molar-refractivity contribution >= 4 is 23.4 Å². The van der Waals surface area contributed by atoms with E-state index in [9.17, 15) is 14.4 Å². The quantitative estimate of drug-likeness (QED) is 0.835. The highest BCUT2D eigenvalue weighted by Crippen LogP contribution is 2.16. The number of benzene rings is 1. The predicted octanol–water partition coefficient (Wildman–Crippen LogP) is 1.72. The fourth-order valence-electron chi connectivity index (χ4n) is 2.15. The van der Waals surface area contributed by atoms with Gasteiger partial charge in [-0.15, -0.1) is 0 Å². The Balaban J connectivity index is 1.82. The van der Waals surface area contributed by atoms with Gasteiger partial charge >= 0.3 is 0 Å². The van der Waals surface area contributed by atoms with Crippen molar-refractivity contribution in [2.45, 2.75) is 13.8 Å². The van der Waals surface area contributed by atoms with E-state index in [1.807, 2.05) is 32.0 Å². The minimum Gasteiger partial charge on any atom is -0.459 e. The van der Waals surface area contributed by atoms with Crippen LogP contribution in [0.2, 0.25) is 0 Å². The highest BCUT2D eigenvalue weighted by molar-refractivity contribution is 5.97. The van der Waals surface area contributed by atoms with Crippen LogP contribution in [0.5, 0.6) is 0 Å². The number of hydrogen-bond acceptors (Lipinski definition) is 4. The van der Waals surface area contributed by atoms with Gasteiger partial charge in [0.1, 0.15) is 0 Å². The van der Waals surface area contributed by atoms with E-state index in [-0.39, 0.29) is 30.7 Å².